The smallest absolute Gasteiger partial charge is 0.253 e. The van der Waals surface area contributed by atoms with E-state index >= 15 is 0 Å². The van der Waals surface area contributed by atoms with Crippen LogP contribution in [0.5, 0.6) is 11.5 Å². The van der Waals surface area contributed by atoms with E-state index in [1.165, 1.54) is 6.42 Å². The molecule has 0 bridgehead atoms. The minimum atomic E-state index is -0.849. The van der Waals surface area contributed by atoms with Crippen LogP contribution >= 0.6 is 12.4 Å². The molecule has 2 N–H and O–H groups in total. The van der Waals surface area contributed by atoms with Crippen LogP contribution in [0.1, 0.15) is 93.5 Å². The maximum atomic E-state index is 13.9. The zero-order valence-corrected chi connectivity index (χ0v) is 28.5. The van der Waals surface area contributed by atoms with E-state index in [4.69, 9.17) is 4.74 Å². The van der Waals surface area contributed by atoms with Crippen LogP contribution in [0.25, 0.3) is 0 Å². The molecule has 2 aromatic carbocycles. The molecule has 2 atom stereocenters. The number of carbonyl (C=O) groups is 3. The SMILES string of the molecule is CCCCN1C(=O)[C@@H]([C@H](O)C2CCCCC2)NC(=O)C12CCN(Cc1ccc(Oc3ccc(C(=O)N4CCCC4)cc3)cc1)CC2.Cl. The van der Waals surface area contributed by atoms with Crippen LogP contribution in [0.3, 0.4) is 0 Å². The lowest BCUT2D eigenvalue weighted by atomic mass is 9.78. The molecule has 1 saturated carbocycles. The van der Waals surface area contributed by atoms with Crippen molar-refractivity contribution in [2.24, 2.45) is 5.92 Å². The van der Waals surface area contributed by atoms with Gasteiger partial charge in [0.25, 0.3) is 5.91 Å². The van der Waals surface area contributed by atoms with E-state index in [9.17, 15) is 19.5 Å². The Morgan fingerprint density at radius 2 is 1.53 bits per heavy atom. The zero-order valence-electron chi connectivity index (χ0n) is 27.7. The van der Waals surface area contributed by atoms with E-state index in [0.29, 0.717) is 43.8 Å². The van der Waals surface area contributed by atoms with Gasteiger partial charge in [0.1, 0.15) is 23.1 Å². The molecule has 3 heterocycles. The van der Waals surface area contributed by atoms with E-state index in [1.54, 1.807) is 0 Å². The Bertz CT molecular complexity index is 1350. The van der Waals surface area contributed by atoms with E-state index in [1.807, 2.05) is 46.2 Å². The first-order chi connectivity index (χ1) is 22.4. The highest BCUT2D eigenvalue weighted by atomic mass is 35.5. The largest absolute Gasteiger partial charge is 0.457 e. The summed E-state index contributed by atoms with van der Waals surface area (Å²) >= 11 is 0. The van der Waals surface area contributed by atoms with Gasteiger partial charge < -0.3 is 25.0 Å². The topological polar surface area (TPSA) is 102 Å². The molecule has 0 unspecified atom stereocenters. The van der Waals surface area contributed by atoms with Gasteiger partial charge in [-0.3, -0.25) is 19.3 Å². The van der Waals surface area contributed by atoms with Crippen LogP contribution in [0.15, 0.2) is 48.5 Å². The average molecular weight is 667 g/mol. The van der Waals surface area contributed by atoms with Gasteiger partial charge in [0.15, 0.2) is 0 Å². The molecule has 1 spiro atoms. The molecule has 3 aliphatic heterocycles. The average Bonchev–Trinajstić information content (AvgIpc) is 3.64. The van der Waals surface area contributed by atoms with Crippen LogP contribution < -0.4 is 10.1 Å². The van der Waals surface area contributed by atoms with Gasteiger partial charge in [0, 0.05) is 44.8 Å². The molecule has 1 aliphatic carbocycles. The van der Waals surface area contributed by atoms with E-state index in [-0.39, 0.29) is 36.0 Å². The Kier molecular flexibility index (Phi) is 11.9. The van der Waals surface area contributed by atoms with Crippen molar-refractivity contribution in [2.75, 3.05) is 32.7 Å². The van der Waals surface area contributed by atoms with E-state index in [2.05, 4.69) is 29.3 Å². The number of aliphatic hydroxyl groups is 1. The van der Waals surface area contributed by atoms with Crippen molar-refractivity contribution in [1.82, 2.24) is 20.0 Å². The number of nitrogens with zero attached hydrogens (tertiary/aromatic N) is 3. The predicted octanol–water partition coefficient (Wildman–Crippen LogP) is 5.54. The normalized spacial score (nSPS) is 22.6. The van der Waals surface area contributed by atoms with Gasteiger partial charge in [-0.15, -0.1) is 12.4 Å². The van der Waals surface area contributed by atoms with Gasteiger partial charge in [-0.2, -0.15) is 0 Å². The maximum absolute atomic E-state index is 13.9. The zero-order chi connectivity index (χ0) is 32.1. The standard InChI is InChI=1S/C37H50N4O5.ClH/c1-2-3-23-41-35(44)32(33(42)28-9-5-4-6-10-28)38-36(45)37(41)19-24-39(25-20-37)26-27-11-15-30(16-12-27)46-31-17-13-29(14-18-31)34(43)40-21-7-8-22-40;/h11-18,28,32-33,42H,2-10,19-26H2,1H3,(H,38,45);1H/t32-,33-;/m1./s1. The number of benzene rings is 2. The van der Waals surface area contributed by atoms with Crippen molar-refractivity contribution in [3.8, 4) is 11.5 Å². The van der Waals surface area contributed by atoms with Crippen molar-refractivity contribution in [1.29, 1.82) is 0 Å². The van der Waals surface area contributed by atoms with Crippen molar-refractivity contribution in [3.05, 3.63) is 59.7 Å². The second kappa shape index (κ2) is 15.8. The van der Waals surface area contributed by atoms with Crippen molar-refractivity contribution >= 4 is 30.1 Å². The van der Waals surface area contributed by atoms with Crippen LogP contribution in [0.2, 0.25) is 0 Å². The summed E-state index contributed by atoms with van der Waals surface area (Å²) in [6, 6.07) is 14.5. The summed E-state index contributed by atoms with van der Waals surface area (Å²) in [6.07, 6.45) is 9.40. The van der Waals surface area contributed by atoms with Crippen LogP contribution in [-0.4, -0.2) is 87.9 Å². The van der Waals surface area contributed by atoms with E-state index in [0.717, 1.165) is 82.3 Å². The molecular weight excluding hydrogens is 616 g/mol. The fourth-order valence-corrected chi connectivity index (χ4v) is 7.86. The molecule has 2 aromatic rings. The monoisotopic (exact) mass is 666 g/mol. The number of amides is 3. The first-order valence-corrected chi connectivity index (χ1v) is 17.6. The molecule has 0 radical (unpaired) electrons. The minimum absolute atomic E-state index is 0. The van der Waals surface area contributed by atoms with Crippen LogP contribution in [0, 0.1) is 5.92 Å². The number of ether oxygens (including phenoxy) is 1. The molecule has 0 aromatic heterocycles. The Morgan fingerprint density at radius 3 is 2.15 bits per heavy atom. The molecular formula is C37H51ClN4O5. The summed E-state index contributed by atoms with van der Waals surface area (Å²) in [5, 5.41) is 14.2. The number of nitrogens with one attached hydrogen (secondary N) is 1. The van der Waals surface area contributed by atoms with Crippen LogP contribution in [-0.2, 0) is 16.1 Å². The molecule has 3 amide bonds. The Hall–Kier alpha value is -3.14. The number of likely N-dealkylation sites (tertiary alicyclic amines) is 2. The quantitative estimate of drug-likeness (QED) is 0.345. The summed E-state index contributed by atoms with van der Waals surface area (Å²) in [7, 11) is 0. The fourth-order valence-electron chi connectivity index (χ4n) is 7.86. The van der Waals surface area contributed by atoms with Crippen molar-refractivity contribution in [3.63, 3.8) is 0 Å². The highest BCUT2D eigenvalue weighted by Gasteiger charge is 2.55. The lowest BCUT2D eigenvalue weighted by Gasteiger charge is -2.52. The molecule has 9 nitrogen and oxygen atoms in total. The van der Waals surface area contributed by atoms with Crippen molar-refractivity contribution in [2.45, 2.75) is 102 Å². The Morgan fingerprint density at radius 1 is 0.915 bits per heavy atom. The summed E-state index contributed by atoms with van der Waals surface area (Å²) < 4.78 is 6.05. The number of hydrogen-bond acceptors (Lipinski definition) is 6. The van der Waals surface area contributed by atoms with Crippen LogP contribution in [0.4, 0.5) is 0 Å². The number of piperidine rings is 1. The lowest BCUT2D eigenvalue weighted by Crippen LogP contribution is -2.75. The summed E-state index contributed by atoms with van der Waals surface area (Å²) in [4.78, 5) is 46.4. The second-order valence-corrected chi connectivity index (χ2v) is 13.8. The van der Waals surface area contributed by atoms with Gasteiger partial charge in [-0.1, -0.05) is 44.7 Å². The molecule has 10 heteroatoms. The molecule has 3 saturated heterocycles. The third-order valence-corrected chi connectivity index (χ3v) is 10.7. The molecule has 4 aliphatic rings. The van der Waals surface area contributed by atoms with Gasteiger partial charge in [0.2, 0.25) is 11.8 Å². The third-order valence-electron chi connectivity index (χ3n) is 10.7. The highest BCUT2D eigenvalue weighted by Crippen LogP contribution is 2.36. The number of aliphatic hydroxyl groups excluding tert-OH is 1. The Balaban J connectivity index is 0.00000433. The van der Waals surface area contributed by atoms with E-state index < -0.39 is 17.7 Å². The molecule has 256 valence electrons. The first kappa shape index (κ1) is 35.2. The lowest BCUT2D eigenvalue weighted by molar-refractivity contribution is -0.166. The summed E-state index contributed by atoms with van der Waals surface area (Å²) in [6.45, 7) is 6.48. The molecule has 4 fully saturated rings. The maximum Gasteiger partial charge on any atom is 0.253 e. The number of halogens is 1. The number of unbranched alkanes of at least 4 members (excludes halogenated alkanes) is 1. The summed E-state index contributed by atoms with van der Waals surface area (Å²) in [5.74, 6) is 1.36. The highest BCUT2D eigenvalue weighted by molar-refractivity contribution is 6.00. The number of piperazine rings is 1. The number of hydrogen-bond donors (Lipinski definition) is 2. The van der Waals surface area contributed by atoms with Gasteiger partial charge in [-0.05, 0) is 92.8 Å². The predicted molar refractivity (Wildman–Crippen MR) is 184 cm³/mol. The second-order valence-electron chi connectivity index (χ2n) is 13.8. The number of carbonyl (C=O) groups excluding carboxylic acids is 3. The number of rotatable bonds is 10. The van der Waals surface area contributed by atoms with Gasteiger partial charge in [0.05, 0.1) is 6.10 Å². The van der Waals surface area contributed by atoms with Crippen molar-refractivity contribution < 1.29 is 24.2 Å². The minimum Gasteiger partial charge on any atom is -0.457 e. The fraction of sp³-hybridized carbons (Fsp3) is 0.595. The molecule has 47 heavy (non-hydrogen) atoms. The molecule has 6 rings (SSSR count). The van der Waals surface area contributed by atoms with Gasteiger partial charge in [-0.25, -0.2) is 0 Å². The Labute approximate surface area is 285 Å². The third kappa shape index (κ3) is 7.79. The van der Waals surface area contributed by atoms with Gasteiger partial charge >= 0.3 is 0 Å². The summed E-state index contributed by atoms with van der Waals surface area (Å²) in [5.41, 5.74) is 0.989. The first-order valence-electron chi connectivity index (χ1n) is 17.6.